The molecule has 0 heterocycles. The van der Waals surface area contributed by atoms with E-state index >= 15 is 0 Å². The molecule has 0 saturated carbocycles. The predicted molar refractivity (Wildman–Crippen MR) is 68.2 cm³/mol. The molecule has 92 valence electrons. The SMILES string of the molecule is COC/C=C/c1cc(C)c(C)c(C(=O)OC)c1. The molecule has 0 bridgehead atoms. The van der Waals surface area contributed by atoms with E-state index in [0.29, 0.717) is 12.2 Å². The molecule has 1 rings (SSSR count). The smallest absolute Gasteiger partial charge is 0.338 e. The van der Waals surface area contributed by atoms with Crippen molar-refractivity contribution in [1.82, 2.24) is 0 Å². The van der Waals surface area contributed by atoms with Crippen LogP contribution >= 0.6 is 0 Å². The van der Waals surface area contributed by atoms with Crippen LogP contribution in [0.4, 0.5) is 0 Å². The summed E-state index contributed by atoms with van der Waals surface area (Å²) in [6.45, 7) is 4.46. The second-order valence-electron chi connectivity index (χ2n) is 3.86. The monoisotopic (exact) mass is 234 g/mol. The highest BCUT2D eigenvalue weighted by atomic mass is 16.5. The third kappa shape index (κ3) is 3.43. The number of aryl methyl sites for hydroxylation is 1. The molecule has 1 aromatic rings. The van der Waals surface area contributed by atoms with Gasteiger partial charge < -0.3 is 9.47 Å². The van der Waals surface area contributed by atoms with Gasteiger partial charge in [-0.1, -0.05) is 18.2 Å². The summed E-state index contributed by atoms with van der Waals surface area (Å²) in [5.41, 5.74) is 3.63. The molecule has 0 fully saturated rings. The third-order valence-corrected chi connectivity index (χ3v) is 2.67. The highest BCUT2D eigenvalue weighted by molar-refractivity contribution is 5.92. The average Bonchev–Trinajstić information content (AvgIpc) is 2.32. The van der Waals surface area contributed by atoms with E-state index in [-0.39, 0.29) is 5.97 Å². The second kappa shape index (κ2) is 6.21. The Bertz CT molecular complexity index is 433. The van der Waals surface area contributed by atoms with Crippen molar-refractivity contribution in [2.24, 2.45) is 0 Å². The summed E-state index contributed by atoms with van der Waals surface area (Å²) in [6.07, 6.45) is 3.84. The Balaban J connectivity index is 3.10. The van der Waals surface area contributed by atoms with E-state index in [0.717, 1.165) is 16.7 Å². The number of benzene rings is 1. The molecule has 0 atom stereocenters. The van der Waals surface area contributed by atoms with Crippen LogP contribution in [-0.2, 0) is 9.47 Å². The molecular formula is C14H18O3. The first-order chi connectivity index (χ1) is 8.10. The Morgan fingerprint density at radius 1 is 1.29 bits per heavy atom. The first-order valence-corrected chi connectivity index (χ1v) is 5.45. The van der Waals surface area contributed by atoms with Crippen LogP contribution in [-0.4, -0.2) is 26.8 Å². The van der Waals surface area contributed by atoms with Crippen LogP contribution in [0, 0.1) is 13.8 Å². The van der Waals surface area contributed by atoms with Crippen molar-refractivity contribution in [2.45, 2.75) is 13.8 Å². The number of ether oxygens (including phenoxy) is 2. The number of hydrogen-bond donors (Lipinski definition) is 0. The van der Waals surface area contributed by atoms with Crippen LogP contribution in [0.1, 0.15) is 27.0 Å². The normalized spacial score (nSPS) is 10.8. The van der Waals surface area contributed by atoms with Crippen molar-refractivity contribution in [1.29, 1.82) is 0 Å². The van der Waals surface area contributed by atoms with E-state index in [2.05, 4.69) is 0 Å². The number of methoxy groups -OCH3 is 2. The molecule has 3 nitrogen and oxygen atoms in total. The first kappa shape index (κ1) is 13.5. The lowest BCUT2D eigenvalue weighted by atomic mass is 9.99. The number of carbonyl (C=O) groups is 1. The van der Waals surface area contributed by atoms with Crippen molar-refractivity contribution >= 4 is 12.0 Å². The first-order valence-electron chi connectivity index (χ1n) is 5.45. The minimum absolute atomic E-state index is 0.299. The molecule has 3 heteroatoms. The van der Waals surface area contributed by atoms with E-state index in [1.807, 2.05) is 38.1 Å². The summed E-state index contributed by atoms with van der Waals surface area (Å²) in [4.78, 5) is 11.6. The van der Waals surface area contributed by atoms with Crippen LogP contribution < -0.4 is 0 Å². The van der Waals surface area contributed by atoms with Gasteiger partial charge in [0.25, 0.3) is 0 Å². The van der Waals surface area contributed by atoms with Gasteiger partial charge in [-0.25, -0.2) is 4.79 Å². The summed E-state index contributed by atoms with van der Waals surface area (Å²) in [5.74, 6) is -0.299. The maximum absolute atomic E-state index is 11.6. The molecule has 0 unspecified atom stereocenters. The summed E-state index contributed by atoms with van der Waals surface area (Å²) >= 11 is 0. The molecule has 0 amide bonds. The number of rotatable bonds is 4. The number of carbonyl (C=O) groups excluding carboxylic acids is 1. The van der Waals surface area contributed by atoms with Crippen molar-refractivity contribution in [3.63, 3.8) is 0 Å². The molecule has 0 N–H and O–H groups in total. The number of hydrogen-bond acceptors (Lipinski definition) is 3. The summed E-state index contributed by atoms with van der Waals surface area (Å²) in [5, 5.41) is 0. The Kier molecular flexibility index (Phi) is 4.91. The third-order valence-electron chi connectivity index (χ3n) is 2.67. The fraction of sp³-hybridized carbons (Fsp3) is 0.357. The molecule has 0 aliphatic carbocycles. The lowest BCUT2D eigenvalue weighted by Crippen LogP contribution is -2.05. The Labute approximate surface area is 102 Å². The van der Waals surface area contributed by atoms with Gasteiger partial charge in [0, 0.05) is 7.11 Å². The van der Waals surface area contributed by atoms with Gasteiger partial charge in [0.2, 0.25) is 0 Å². The highest BCUT2D eigenvalue weighted by Gasteiger charge is 2.11. The minimum atomic E-state index is -0.299. The fourth-order valence-electron chi connectivity index (χ4n) is 1.59. The molecule has 0 radical (unpaired) electrons. The van der Waals surface area contributed by atoms with Gasteiger partial charge in [0.15, 0.2) is 0 Å². The summed E-state index contributed by atoms with van der Waals surface area (Å²) in [6, 6.07) is 3.87. The van der Waals surface area contributed by atoms with E-state index in [9.17, 15) is 4.79 Å². The maximum atomic E-state index is 11.6. The Morgan fingerprint density at radius 3 is 2.59 bits per heavy atom. The molecule has 0 saturated heterocycles. The molecule has 0 aliphatic rings. The molecule has 0 spiro atoms. The largest absolute Gasteiger partial charge is 0.465 e. The van der Waals surface area contributed by atoms with Gasteiger partial charge in [0.05, 0.1) is 19.3 Å². The van der Waals surface area contributed by atoms with E-state index < -0.39 is 0 Å². The van der Waals surface area contributed by atoms with E-state index in [1.165, 1.54) is 7.11 Å². The van der Waals surface area contributed by atoms with Gasteiger partial charge in [-0.3, -0.25) is 0 Å². The molecule has 0 aliphatic heterocycles. The van der Waals surface area contributed by atoms with E-state index in [4.69, 9.17) is 9.47 Å². The standard InChI is InChI=1S/C14H18O3/c1-10-8-12(6-5-7-16-3)9-13(11(10)2)14(15)17-4/h5-6,8-9H,7H2,1-4H3/b6-5+. The zero-order valence-electron chi connectivity index (χ0n) is 10.7. The van der Waals surface area contributed by atoms with Gasteiger partial charge >= 0.3 is 5.97 Å². The Hall–Kier alpha value is -1.61. The minimum Gasteiger partial charge on any atom is -0.465 e. The Morgan fingerprint density at radius 2 is 2.00 bits per heavy atom. The van der Waals surface area contributed by atoms with Gasteiger partial charge in [-0.2, -0.15) is 0 Å². The van der Waals surface area contributed by atoms with Crippen LogP contribution in [0.5, 0.6) is 0 Å². The molecule has 1 aromatic carbocycles. The van der Waals surface area contributed by atoms with Crippen LogP contribution in [0.15, 0.2) is 18.2 Å². The summed E-state index contributed by atoms with van der Waals surface area (Å²) < 4.78 is 9.70. The average molecular weight is 234 g/mol. The van der Waals surface area contributed by atoms with Crippen LogP contribution in [0.3, 0.4) is 0 Å². The zero-order chi connectivity index (χ0) is 12.8. The van der Waals surface area contributed by atoms with Gasteiger partial charge in [-0.15, -0.1) is 0 Å². The van der Waals surface area contributed by atoms with Gasteiger partial charge in [0.1, 0.15) is 0 Å². The second-order valence-corrected chi connectivity index (χ2v) is 3.86. The van der Waals surface area contributed by atoms with Crippen LogP contribution in [0.2, 0.25) is 0 Å². The van der Waals surface area contributed by atoms with Crippen molar-refractivity contribution in [3.8, 4) is 0 Å². The summed E-state index contributed by atoms with van der Waals surface area (Å²) in [7, 11) is 3.04. The quantitative estimate of drug-likeness (QED) is 0.751. The number of esters is 1. The topological polar surface area (TPSA) is 35.5 Å². The van der Waals surface area contributed by atoms with Crippen molar-refractivity contribution < 1.29 is 14.3 Å². The van der Waals surface area contributed by atoms with Gasteiger partial charge in [-0.05, 0) is 36.6 Å². The van der Waals surface area contributed by atoms with Crippen molar-refractivity contribution in [3.05, 3.63) is 40.5 Å². The van der Waals surface area contributed by atoms with Crippen LogP contribution in [0.25, 0.3) is 6.08 Å². The lowest BCUT2D eigenvalue weighted by Gasteiger charge is -2.08. The zero-order valence-corrected chi connectivity index (χ0v) is 10.7. The fourth-order valence-corrected chi connectivity index (χ4v) is 1.59. The highest BCUT2D eigenvalue weighted by Crippen LogP contribution is 2.18. The molecule has 17 heavy (non-hydrogen) atoms. The van der Waals surface area contributed by atoms with E-state index in [1.54, 1.807) is 7.11 Å². The maximum Gasteiger partial charge on any atom is 0.338 e. The van der Waals surface area contributed by atoms with Crippen molar-refractivity contribution in [2.75, 3.05) is 20.8 Å². The molecular weight excluding hydrogens is 216 g/mol. The lowest BCUT2D eigenvalue weighted by molar-refractivity contribution is 0.0600. The predicted octanol–water partition coefficient (Wildman–Crippen LogP) is 2.75. The molecule has 0 aromatic heterocycles.